The molecule has 0 spiro atoms. The smallest absolute Gasteiger partial charge is 0.141 e. The Morgan fingerprint density at radius 1 is 1.28 bits per heavy atom. The number of hydrogen-bond acceptors (Lipinski definition) is 2. The summed E-state index contributed by atoms with van der Waals surface area (Å²) in [7, 11) is 1.87. The van der Waals surface area contributed by atoms with E-state index in [4.69, 9.17) is 11.6 Å². The third-order valence-electron chi connectivity index (χ3n) is 2.80. The topological polar surface area (TPSA) is 30.7 Å². The molecule has 0 radical (unpaired) electrons. The Morgan fingerprint density at radius 3 is 2.83 bits per heavy atom. The first-order valence-corrected chi connectivity index (χ1v) is 5.76. The lowest BCUT2D eigenvalue weighted by Gasteiger charge is -2.03. The first-order chi connectivity index (χ1) is 8.65. The summed E-state index contributed by atoms with van der Waals surface area (Å²) < 4.78 is 15.2. The van der Waals surface area contributed by atoms with Crippen molar-refractivity contribution in [1.29, 1.82) is 0 Å². The van der Waals surface area contributed by atoms with Crippen molar-refractivity contribution >= 4 is 22.6 Å². The van der Waals surface area contributed by atoms with E-state index in [1.54, 1.807) is 18.5 Å². The molecule has 0 aliphatic carbocycles. The Balaban J connectivity index is 2.28. The van der Waals surface area contributed by atoms with Crippen LogP contribution in [0.1, 0.15) is 0 Å². The van der Waals surface area contributed by atoms with Gasteiger partial charge in [0, 0.05) is 23.8 Å². The molecular formula is C13H9ClFN3. The van der Waals surface area contributed by atoms with E-state index in [-0.39, 0.29) is 5.82 Å². The molecule has 0 aliphatic heterocycles. The molecule has 0 fully saturated rings. The summed E-state index contributed by atoms with van der Waals surface area (Å²) in [6, 6.07) is 6.20. The summed E-state index contributed by atoms with van der Waals surface area (Å²) >= 11 is 5.86. The van der Waals surface area contributed by atoms with Gasteiger partial charge >= 0.3 is 0 Å². The maximum absolute atomic E-state index is 13.4. The normalized spacial score (nSPS) is 11.1. The fraction of sp³-hybridized carbons (Fsp3) is 0.0769. The molecular weight excluding hydrogens is 253 g/mol. The van der Waals surface area contributed by atoms with E-state index < -0.39 is 0 Å². The highest BCUT2D eigenvalue weighted by atomic mass is 35.5. The highest BCUT2D eigenvalue weighted by molar-refractivity contribution is 6.30. The van der Waals surface area contributed by atoms with E-state index in [2.05, 4.69) is 9.97 Å². The van der Waals surface area contributed by atoms with Gasteiger partial charge < -0.3 is 4.57 Å². The van der Waals surface area contributed by atoms with Crippen LogP contribution >= 0.6 is 11.6 Å². The van der Waals surface area contributed by atoms with Crippen LogP contribution in [-0.4, -0.2) is 14.5 Å². The van der Waals surface area contributed by atoms with Gasteiger partial charge in [-0.3, -0.25) is 4.98 Å². The minimum Gasteiger partial charge on any atom is -0.326 e. The average Bonchev–Trinajstić information content (AvgIpc) is 2.66. The second kappa shape index (κ2) is 4.07. The number of pyridine rings is 1. The number of imidazole rings is 1. The minimum atomic E-state index is -0.373. The van der Waals surface area contributed by atoms with Crippen LogP contribution in [0.3, 0.4) is 0 Å². The van der Waals surface area contributed by atoms with E-state index in [1.807, 2.05) is 17.7 Å². The van der Waals surface area contributed by atoms with Crippen LogP contribution in [-0.2, 0) is 7.05 Å². The van der Waals surface area contributed by atoms with Gasteiger partial charge in [-0.2, -0.15) is 0 Å². The van der Waals surface area contributed by atoms with Gasteiger partial charge in [-0.25, -0.2) is 9.37 Å². The second-order valence-electron chi connectivity index (χ2n) is 4.02. The Hall–Kier alpha value is -1.94. The number of hydrogen-bond donors (Lipinski definition) is 0. The molecule has 0 N–H and O–H groups in total. The van der Waals surface area contributed by atoms with Crippen LogP contribution in [0.15, 0.2) is 36.7 Å². The van der Waals surface area contributed by atoms with Gasteiger partial charge in [-0.05, 0) is 24.3 Å². The van der Waals surface area contributed by atoms with Crippen molar-refractivity contribution in [3.8, 4) is 11.4 Å². The fourth-order valence-electron chi connectivity index (χ4n) is 1.98. The fourth-order valence-corrected chi connectivity index (χ4v) is 2.20. The molecule has 0 aliphatic rings. The zero-order valence-electron chi connectivity index (χ0n) is 9.56. The largest absolute Gasteiger partial charge is 0.326 e. The highest BCUT2D eigenvalue weighted by Gasteiger charge is 2.11. The van der Waals surface area contributed by atoms with Crippen LogP contribution in [0.4, 0.5) is 4.39 Å². The van der Waals surface area contributed by atoms with Gasteiger partial charge in [0.05, 0.1) is 17.2 Å². The van der Waals surface area contributed by atoms with Crippen molar-refractivity contribution in [2.45, 2.75) is 0 Å². The number of fused-ring (bicyclic) bond motifs is 1. The number of aromatic nitrogens is 3. The quantitative estimate of drug-likeness (QED) is 0.672. The van der Waals surface area contributed by atoms with Crippen molar-refractivity contribution in [3.63, 3.8) is 0 Å². The van der Waals surface area contributed by atoms with Crippen LogP contribution in [0.2, 0.25) is 5.02 Å². The summed E-state index contributed by atoms with van der Waals surface area (Å²) in [5.41, 5.74) is 2.37. The number of rotatable bonds is 1. The average molecular weight is 262 g/mol. The van der Waals surface area contributed by atoms with E-state index in [1.165, 1.54) is 12.1 Å². The summed E-state index contributed by atoms with van der Waals surface area (Å²) in [6.45, 7) is 0. The molecule has 3 rings (SSSR count). The molecule has 0 unspecified atom stereocenters. The minimum absolute atomic E-state index is 0.357. The van der Waals surface area contributed by atoms with Gasteiger partial charge in [-0.1, -0.05) is 11.6 Å². The Bertz CT molecular complexity index is 716. The molecule has 18 heavy (non-hydrogen) atoms. The predicted molar refractivity (Wildman–Crippen MR) is 68.9 cm³/mol. The van der Waals surface area contributed by atoms with Crippen molar-refractivity contribution < 1.29 is 4.39 Å². The summed E-state index contributed by atoms with van der Waals surface area (Å²) in [6.07, 6.45) is 3.41. The maximum atomic E-state index is 13.4. The number of benzene rings is 1. The number of nitrogens with zero attached hydrogens (tertiary/aromatic N) is 3. The monoisotopic (exact) mass is 261 g/mol. The predicted octanol–water partition coefficient (Wildman–Crippen LogP) is 3.43. The third-order valence-corrected chi connectivity index (χ3v) is 3.02. The lowest BCUT2D eigenvalue weighted by Crippen LogP contribution is -1.93. The summed E-state index contributed by atoms with van der Waals surface area (Å²) in [5, 5.41) is 0.357. The van der Waals surface area contributed by atoms with Gasteiger partial charge in [0.1, 0.15) is 11.6 Å². The Labute approximate surface area is 108 Å². The standard InChI is InChI=1S/C13H9ClFN3/c1-18-12-7-16-3-2-11(12)17-13(18)8-4-9(14)6-10(15)5-8/h2-7H,1H3. The lowest BCUT2D eigenvalue weighted by molar-refractivity contribution is 0.628. The van der Waals surface area contributed by atoms with E-state index in [9.17, 15) is 4.39 Å². The zero-order chi connectivity index (χ0) is 12.7. The van der Waals surface area contributed by atoms with E-state index in [0.717, 1.165) is 11.0 Å². The summed E-state index contributed by atoms with van der Waals surface area (Å²) in [5.74, 6) is 0.294. The molecule has 0 saturated carbocycles. The summed E-state index contributed by atoms with van der Waals surface area (Å²) in [4.78, 5) is 8.52. The molecule has 0 bridgehead atoms. The number of aryl methyl sites for hydroxylation is 1. The van der Waals surface area contributed by atoms with Gasteiger partial charge in [0.2, 0.25) is 0 Å². The van der Waals surface area contributed by atoms with Gasteiger partial charge in [0.15, 0.2) is 0 Å². The van der Waals surface area contributed by atoms with Crippen molar-refractivity contribution in [3.05, 3.63) is 47.5 Å². The van der Waals surface area contributed by atoms with E-state index >= 15 is 0 Å². The maximum Gasteiger partial charge on any atom is 0.141 e. The van der Waals surface area contributed by atoms with Gasteiger partial charge in [0.25, 0.3) is 0 Å². The second-order valence-corrected chi connectivity index (χ2v) is 4.45. The first-order valence-electron chi connectivity index (χ1n) is 5.38. The molecule has 3 aromatic rings. The zero-order valence-corrected chi connectivity index (χ0v) is 10.3. The SMILES string of the molecule is Cn1c(-c2cc(F)cc(Cl)c2)nc2ccncc21. The molecule has 1 aromatic carbocycles. The molecule has 90 valence electrons. The third kappa shape index (κ3) is 1.75. The molecule has 0 saturated heterocycles. The molecule has 2 heterocycles. The van der Waals surface area contributed by atoms with Crippen LogP contribution in [0.25, 0.3) is 22.4 Å². The van der Waals surface area contributed by atoms with Crippen LogP contribution < -0.4 is 0 Å². The highest BCUT2D eigenvalue weighted by Crippen LogP contribution is 2.26. The van der Waals surface area contributed by atoms with Gasteiger partial charge in [-0.15, -0.1) is 0 Å². The van der Waals surface area contributed by atoms with Crippen molar-refractivity contribution in [2.24, 2.45) is 7.05 Å². The Kier molecular flexibility index (Phi) is 2.52. The molecule has 5 heteroatoms. The molecule has 2 aromatic heterocycles. The number of halogens is 2. The van der Waals surface area contributed by atoms with Crippen LogP contribution in [0, 0.1) is 5.82 Å². The first kappa shape index (κ1) is 11.2. The lowest BCUT2D eigenvalue weighted by atomic mass is 10.2. The van der Waals surface area contributed by atoms with Crippen LogP contribution in [0.5, 0.6) is 0 Å². The molecule has 0 atom stereocenters. The molecule has 0 amide bonds. The molecule has 3 nitrogen and oxygen atoms in total. The Morgan fingerprint density at radius 2 is 2.11 bits per heavy atom. The van der Waals surface area contributed by atoms with Crippen molar-refractivity contribution in [2.75, 3.05) is 0 Å². The van der Waals surface area contributed by atoms with E-state index in [0.29, 0.717) is 16.4 Å². The van der Waals surface area contributed by atoms with Crippen molar-refractivity contribution in [1.82, 2.24) is 14.5 Å².